The third kappa shape index (κ3) is 4.49. The minimum Gasteiger partial charge on any atom is -0.432 e. The Morgan fingerprint density at radius 1 is 1.33 bits per heavy atom. The van der Waals surface area contributed by atoms with Crippen LogP contribution in [-0.4, -0.2) is 35.4 Å². The SMILES string of the molecule is O=C(CCCCN1CCCCC1)Nc1ncco1. The van der Waals surface area contributed by atoms with Crippen LogP contribution in [-0.2, 0) is 4.79 Å². The van der Waals surface area contributed by atoms with Gasteiger partial charge in [0.05, 0.1) is 6.20 Å². The van der Waals surface area contributed by atoms with Crippen molar-refractivity contribution >= 4 is 11.9 Å². The van der Waals surface area contributed by atoms with E-state index in [4.69, 9.17) is 4.42 Å². The van der Waals surface area contributed by atoms with Gasteiger partial charge in [-0.2, -0.15) is 0 Å². The van der Waals surface area contributed by atoms with Crippen LogP contribution < -0.4 is 5.32 Å². The molecule has 0 spiro atoms. The molecule has 2 heterocycles. The molecular formula is C13H21N3O2. The minimum atomic E-state index is -0.0175. The molecular weight excluding hydrogens is 230 g/mol. The Kier molecular flexibility index (Phi) is 5.20. The Morgan fingerprint density at radius 3 is 2.89 bits per heavy atom. The predicted molar refractivity (Wildman–Crippen MR) is 69.3 cm³/mol. The number of nitrogens with one attached hydrogen (secondary N) is 1. The maximum absolute atomic E-state index is 11.5. The largest absolute Gasteiger partial charge is 0.432 e. The van der Waals surface area contributed by atoms with Crippen LogP contribution in [0.3, 0.4) is 0 Å². The van der Waals surface area contributed by atoms with Crippen molar-refractivity contribution in [3.8, 4) is 0 Å². The van der Waals surface area contributed by atoms with E-state index in [1.165, 1.54) is 44.8 Å². The average Bonchev–Trinajstić information content (AvgIpc) is 2.89. The number of likely N-dealkylation sites (tertiary alicyclic amines) is 1. The molecule has 1 aliphatic rings. The topological polar surface area (TPSA) is 58.4 Å². The van der Waals surface area contributed by atoms with E-state index in [0.29, 0.717) is 6.42 Å². The van der Waals surface area contributed by atoms with Crippen LogP contribution in [0.5, 0.6) is 0 Å². The number of oxazole rings is 1. The van der Waals surface area contributed by atoms with Gasteiger partial charge in [0.2, 0.25) is 5.91 Å². The first-order chi connectivity index (χ1) is 8.84. The maximum atomic E-state index is 11.5. The summed E-state index contributed by atoms with van der Waals surface area (Å²) in [5.41, 5.74) is 0. The van der Waals surface area contributed by atoms with E-state index < -0.39 is 0 Å². The van der Waals surface area contributed by atoms with Gasteiger partial charge < -0.3 is 9.32 Å². The Bertz CT molecular complexity index is 345. The zero-order valence-electron chi connectivity index (χ0n) is 10.7. The fourth-order valence-electron chi connectivity index (χ4n) is 2.27. The van der Waals surface area contributed by atoms with Crippen molar-refractivity contribution in [2.75, 3.05) is 25.0 Å². The molecule has 0 unspecified atom stereocenters. The molecule has 1 N–H and O–H groups in total. The van der Waals surface area contributed by atoms with Crippen molar-refractivity contribution in [3.05, 3.63) is 12.5 Å². The molecule has 0 bridgehead atoms. The van der Waals surface area contributed by atoms with Gasteiger partial charge in [0.1, 0.15) is 6.26 Å². The number of aromatic nitrogens is 1. The van der Waals surface area contributed by atoms with E-state index in [1.807, 2.05) is 0 Å². The molecule has 0 aliphatic carbocycles. The first-order valence-electron chi connectivity index (χ1n) is 6.76. The van der Waals surface area contributed by atoms with Crippen LogP contribution in [0, 0.1) is 0 Å². The van der Waals surface area contributed by atoms with Crippen molar-refractivity contribution in [1.29, 1.82) is 0 Å². The molecule has 5 heteroatoms. The van der Waals surface area contributed by atoms with Gasteiger partial charge in [-0.25, -0.2) is 4.98 Å². The lowest BCUT2D eigenvalue weighted by Gasteiger charge is -2.26. The average molecular weight is 251 g/mol. The van der Waals surface area contributed by atoms with Crippen LogP contribution in [0.25, 0.3) is 0 Å². The molecule has 1 amide bonds. The second kappa shape index (κ2) is 7.16. The zero-order chi connectivity index (χ0) is 12.6. The number of rotatable bonds is 6. The number of unbranched alkanes of at least 4 members (excludes halogenated alkanes) is 1. The number of piperidine rings is 1. The molecule has 2 rings (SSSR count). The van der Waals surface area contributed by atoms with E-state index in [1.54, 1.807) is 0 Å². The molecule has 1 fully saturated rings. The summed E-state index contributed by atoms with van der Waals surface area (Å²) in [6.07, 6.45) is 9.53. The molecule has 0 aromatic carbocycles. The molecule has 100 valence electrons. The van der Waals surface area contributed by atoms with E-state index in [0.717, 1.165) is 19.4 Å². The highest BCUT2D eigenvalue weighted by molar-refractivity contribution is 5.88. The molecule has 1 aromatic rings. The number of hydrogen-bond acceptors (Lipinski definition) is 4. The van der Waals surface area contributed by atoms with E-state index in [-0.39, 0.29) is 11.9 Å². The van der Waals surface area contributed by atoms with Crippen molar-refractivity contribution < 1.29 is 9.21 Å². The van der Waals surface area contributed by atoms with Gasteiger partial charge in [-0.1, -0.05) is 6.42 Å². The van der Waals surface area contributed by atoms with Crippen molar-refractivity contribution in [2.24, 2.45) is 0 Å². The van der Waals surface area contributed by atoms with E-state index >= 15 is 0 Å². The molecule has 18 heavy (non-hydrogen) atoms. The Hall–Kier alpha value is -1.36. The van der Waals surface area contributed by atoms with Crippen molar-refractivity contribution in [3.63, 3.8) is 0 Å². The van der Waals surface area contributed by atoms with E-state index in [2.05, 4.69) is 15.2 Å². The highest BCUT2D eigenvalue weighted by Gasteiger charge is 2.10. The minimum absolute atomic E-state index is 0.0175. The monoisotopic (exact) mass is 251 g/mol. The van der Waals surface area contributed by atoms with E-state index in [9.17, 15) is 4.79 Å². The van der Waals surface area contributed by atoms with Gasteiger partial charge in [-0.3, -0.25) is 10.1 Å². The molecule has 1 aliphatic heterocycles. The summed E-state index contributed by atoms with van der Waals surface area (Å²) < 4.78 is 4.95. The predicted octanol–water partition coefficient (Wildman–Crippen LogP) is 2.27. The van der Waals surface area contributed by atoms with Gasteiger partial charge in [0.25, 0.3) is 0 Å². The van der Waals surface area contributed by atoms with Crippen LogP contribution in [0.2, 0.25) is 0 Å². The second-order valence-corrected chi connectivity index (χ2v) is 4.74. The van der Waals surface area contributed by atoms with Gasteiger partial charge in [0, 0.05) is 6.42 Å². The number of anilines is 1. The molecule has 1 aromatic heterocycles. The normalized spacial score (nSPS) is 16.7. The molecule has 0 atom stereocenters. The quantitative estimate of drug-likeness (QED) is 0.788. The van der Waals surface area contributed by atoms with Crippen molar-refractivity contribution in [2.45, 2.75) is 38.5 Å². The van der Waals surface area contributed by atoms with Gasteiger partial charge in [0.15, 0.2) is 0 Å². The standard InChI is InChI=1S/C13H21N3O2/c17-12(15-13-14-7-11-18-13)6-2-5-10-16-8-3-1-4-9-16/h7,11H,1-6,8-10H2,(H,14,15,17). The molecule has 0 saturated carbocycles. The summed E-state index contributed by atoms with van der Waals surface area (Å²) in [6.45, 7) is 3.57. The van der Waals surface area contributed by atoms with Gasteiger partial charge in [-0.05, 0) is 45.3 Å². The Morgan fingerprint density at radius 2 is 2.17 bits per heavy atom. The van der Waals surface area contributed by atoms with Gasteiger partial charge >= 0.3 is 6.01 Å². The summed E-state index contributed by atoms with van der Waals surface area (Å²) in [6, 6.07) is 0.288. The lowest BCUT2D eigenvalue weighted by molar-refractivity contribution is -0.116. The number of amides is 1. The third-order valence-corrected chi connectivity index (χ3v) is 3.26. The number of hydrogen-bond donors (Lipinski definition) is 1. The number of carbonyl (C=O) groups is 1. The molecule has 5 nitrogen and oxygen atoms in total. The van der Waals surface area contributed by atoms with Crippen LogP contribution in [0.4, 0.5) is 6.01 Å². The van der Waals surface area contributed by atoms with Crippen LogP contribution >= 0.6 is 0 Å². The first-order valence-corrected chi connectivity index (χ1v) is 6.76. The fraction of sp³-hybridized carbons (Fsp3) is 0.692. The smallest absolute Gasteiger partial charge is 0.301 e. The van der Waals surface area contributed by atoms with Crippen molar-refractivity contribution in [1.82, 2.24) is 9.88 Å². The molecule has 1 saturated heterocycles. The highest BCUT2D eigenvalue weighted by atomic mass is 16.4. The second-order valence-electron chi connectivity index (χ2n) is 4.74. The summed E-state index contributed by atoms with van der Waals surface area (Å²) in [4.78, 5) is 17.9. The summed E-state index contributed by atoms with van der Waals surface area (Å²) in [7, 11) is 0. The first kappa shape index (κ1) is 13.1. The number of carbonyl (C=O) groups excluding carboxylic acids is 1. The lowest BCUT2D eigenvalue weighted by Crippen LogP contribution is -2.30. The van der Waals surface area contributed by atoms with Crippen LogP contribution in [0.15, 0.2) is 16.9 Å². The fourth-order valence-corrected chi connectivity index (χ4v) is 2.27. The highest BCUT2D eigenvalue weighted by Crippen LogP contribution is 2.10. The Labute approximate surface area is 108 Å². The summed E-state index contributed by atoms with van der Waals surface area (Å²) >= 11 is 0. The van der Waals surface area contributed by atoms with Gasteiger partial charge in [-0.15, -0.1) is 0 Å². The third-order valence-electron chi connectivity index (χ3n) is 3.26. The Balaban J connectivity index is 1.53. The zero-order valence-corrected chi connectivity index (χ0v) is 10.7. The maximum Gasteiger partial charge on any atom is 0.301 e. The summed E-state index contributed by atoms with van der Waals surface area (Å²) in [5, 5.41) is 2.63. The number of nitrogens with zero attached hydrogens (tertiary/aromatic N) is 2. The summed E-state index contributed by atoms with van der Waals surface area (Å²) in [5.74, 6) is -0.0175. The lowest BCUT2D eigenvalue weighted by atomic mass is 10.1. The molecule has 0 radical (unpaired) electrons. The van der Waals surface area contributed by atoms with Crippen LogP contribution in [0.1, 0.15) is 38.5 Å².